The van der Waals surface area contributed by atoms with E-state index in [1.807, 2.05) is 58.9 Å². The van der Waals surface area contributed by atoms with Crippen molar-refractivity contribution < 1.29 is 22.7 Å². The SMILES string of the molecule is COc1ccc(S(=O)(=O)N(CC(=O)N(Cc2cccc(C)c2)[C@@H](C)C(=O)NC(C)(C)C)c2ccc(C)cc2)cc1Br. The van der Waals surface area contributed by atoms with Crippen LogP contribution in [0.25, 0.3) is 0 Å². The predicted octanol–water partition coefficient (Wildman–Crippen LogP) is 5.60. The molecular formula is C31H38BrN3O5S. The third kappa shape index (κ3) is 8.33. The van der Waals surface area contributed by atoms with Gasteiger partial charge in [-0.3, -0.25) is 13.9 Å². The van der Waals surface area contributed by atoms with E-state index in [1.54, 1.807) is 37.3 Å². The van der Waals surface area contributed by atoms with Gasteiger partial charge in [-0.15, -0.1) is 0 Å². The van der Waals surface area contributed by atoms with Crippen LogP contribution in [0.1, 0.15) is 44.4 Å². The van der Waals surface area contributed by atoms with Crippen LogP contribution in [0.4, 0.5) is 5.69 Å². The maximum Gasteiger partial charge on any atom is 0.264 e. The van der Waals surface area contributed by atoms with E-state index in [0.717, 1.165) is 21.0 Å². The van der Waals surface area contributed by atoms with E-state index in [-0.39, 0.29) is 17.3 Å². The third-order valence-corrected chi connectivity index (χ3v) is 8.80. The highest BCUT2D eigenvalue weighted by Gasteiger charge is 2.33. The van der Waals surface area contributed by atoms with Crippen LogP contribution in [0.2, 0.25) is 0 Å². The van der Waals surface area contributed by atoms with E-state index in [1.165, 1.54) is 24.1 Å². The van der Waals surface area contributed by atoms with Gasteiger partial charge < -0.3 is 15.0 Å². The number of halogens is 1. The number of hydrogen-bond acceptors (Lipinski definition) is 5. The van der Waals surface area contributed by atoms with E-state index >= 15 is 0 Å². The molecule has 0 heterocycles. The summed E-state index contributed by atoms with van der Waals surface area (Å²) in [6.45, 7) is 10.7. The van der Waals surface area contributed by atoms with Gasteiger partial charge in [0.05, 0.1) is 22.2 Å². The number of sulfonamides is 1. The van der Waals surface area contributed by atoms with Gasteiger partial charge in [-0.25, -0.2) is 8.42 Å². The second-order valence-corrected chi connectivity index (χ2v) is 13.8. The largest absolute Gasteiger partial charge is 0.496 e. The Kier molecular flexibility index (Phi) is 10.3. The molecule has 41 heavy (non-hydrogen) atoms. The van der Waals surface area contributed by atoms with Crippen molar-refractivity contribution in [2.24, 2.45) is 0 Å². The van der Waals surface area contributed by atoms with Crippen molar-refractivity contribution in [1.29, 1.82) is 0 Å². The number of carbonyl (C=O) groups is 2. The molecule has 1 atom stereocenters. The monoisotopic (exact) mass is 643 g/mol. The molecule has 0 aliphatic carbocycles. The first-order valence-electron chi connectivity index (χ1n) is 13.2. The number of rotatable bonds is 10. The van der Waals surface area contributed by atoms with Crippen molar-refractivity contribution in [2.45, 2.75) is 64.6 Å². The van der Waals surface area contributed by atoms with E-state index in [4.69, 9.17) is 4.74 Å². The van der Waals surface area contributed by atoms with Gasteiger partial charge in [0.15, 0.2) is 0 Å². The van der Waals surface area contributed by atoms with Crippen LogP contribution in [0.3, 0.4) is 0 Å². The summed E-state index contributed by atoms with van der Waals surface area (Å²) >= 11 is 3.36. The highest BCUT2D eigenvalue weighted by molar-refractivity contribution is 9.10. The second-order valence-electron chi connectivity index (χ2n) is 11.1. The molecule has 8 nitrogen and oxygen atoms in total. The van der Waals surface area contributed by atoms with Crippen LogP contribution in [-0.2, 0) is 26.2 Å². The van der Waals surface area contributed by atoms with Gasteiger partial charge >= 0.3 is 0 Å². The maximum atomic E-state index is 14.1. The van der Waals surface area contributed by atoms with Gasteiger partial charge in [-0.2, -0.15) is 0 Å². The lowest BCUT2D eigenvalue weighted by Crippen LogP contribution is -2.54. The predicted molar refractivity (Wildman–Crippen MR) is 165 cm³/mol. The number of aryl methyl sites for hydroxylation is 2. The van der Waals surface area contributed by atoms with Gasteiger partial charge in [0.1, 0.15) is 18.3 Å². The van der Waals surface area contributed by atoms with Crippen molar-refractivity contribution in [1.82, 2.24) is 10.2 Å². The average Bonchev–Trinajstić information content (AvgIpc) is 2.89. The molecule has 0 fully saturated rings. The van der Waals surface area contributed by atoms with Crippen LogP contribution in [0.5, 0.6) is 5.75 Å². The summed E-state index contributed by atoms with van der Waals surface area (Å²) in [5.74, 6) is -0.368. The first-order valence-corrected chi connectivity index (χ1v) is 15.5. The molecule has 10 heteroatoms. The Balaban J connectivity index is 2.06. The molecule has 0 aromatic heterocycles. The fraction of sp³-hybridized carbons (Fsp3) is 0.355. The van der Waals surface area contributed by atoms with Crippen molar-refractivity contribution in [3.63, 3.8) is 0 Å². The average molecular weight is 645 g/mol. The number of anilines is 1. The minimum Gasteiger partial charge on any atom is -0.496 e. The quantitative estimate of drug-likeness (QED) is 0.310. The van der Waals surface area contributed by atoms with Crippen LogP contribution in [0, 0.1) is 13.8 Å². The molecule has 0 spiro atoms. The smallest absolute Gasteiger partial charge is 0.264 e. The zero-order valence-corrected chi connectivity index (χ0v) is 27.0. The second kappa shape index (κ2) is 13.1. The Morgan fingerprint density at radius 2 is 1.63 bits per heavy atom. The molecule has 220 valence electrons. The van der Waals surface area contributed by atoms with Crippen molar-refractivity contribution in [3.8, 4) is 5.75 Å². The van der Waals surface area contributed by atoms with E-state index in [2.05, 4.69) is 21.2 Å². The summed E-state index contributed by atoms with van der Waals surface area (Å²) in [6.07, 6.45) is 0. The number of amides is 2. The minimum atomic E-state index is -4.20. The normalized spacial score (nSPS) is 12.4. The molecule has 0 saturated carbocycles. The molecule has 3 aromatic rings. The Hall–Kier alpha value is -3.37. The van der Waals surface area contributed by atoms with Gasteiger partial charge in [0, 0.05) is 12.1 Å². The number of benzene rings is 3. The third-order valence-electron chi connectivity index (χ3n) is 6.41. The summed E-state index contributed by atoms with van der Waals surface area (Å²) in [5.41, 5.74) is 2.60. The number of nitrogens with one attached hydrogen (secondary N) is 1. The molecule has 0 aliphatic rings. The van der Waals surface area contributed by atoms with Gasteiger partial charge in [-0.05, 0) is 93.4 Å². The van der Waals surface area contributed by atoms with Crippen LogP contribution in [0.15, 0.2) is 76.1 Å². The van der Waals surface area contributed by atoms with E-state index < -0.39 is 34.1 Å². The molecule has 3 rings (SSSR count). The molecule has 0 bridgehead atoms. The van der Waals surface area contributed by atoms with Crippen LogP contribution in [-0.4, -0.2) is 50.4 Å². The molecule has 3 aromatic carbocycles. The number of methoxy groups -OCH3 is 1. The lowest BCUT2D eigenvalue weighted by atomic mass is 10.1. The zero-order valence-electron chi connectivity index (χ0n) is 24.6. The van der Waals surface area contributed by atoms with E-state index in [9.17, 15) is 18.0 Å². The summed E-state index contributed by atoms with van der Waals surface area (Å²) in [6, 6.07) is 18.1. The molecule has 2 amide bonds. The number of ether oxygens (including phenoxy) is 1. The molecular weight excluding hydrogens is 606 g/mol. The lowest BCUT2D eigenvalue weighted by molar-refractivity contribution is -0.140. The summed E-state index contributed by atoms with van der Waals surface area (Å²) < 4.78 is 34.9. The first-order chi connectivity index (χ1) is 19.1. The van der Waals surface area contributed by atoms with E-state index in [0.29, 0.717) is 15.9 Å². The summed E-state index contributed by atoms with van der Waals surface area (Å²) in [7, 11) is -2.71. The Morgan fingerprint density at radius 1 is 0.976 bits per heavy atom. The fourth-order valence-corrected chi connectivity index (χ4v) is 6.37. The van der Waals surface area contributed by atoms with Gasteiger partial charge in [0.2, 0.25) is 11.8 Å². The van der Waals surface area contributed by atoms with Crippen LogP contribution >= 0.6 is 15.9 Å². The van der Waals surface area contributed by atoms with Crippen LogP contribution < -0.4 is 14.4 Å². The Morgan fingerprint density at radius 3 is 2.20 bits per heavy atom. The minimum absolute atomic E-state index is 0.0118. The topological polar surface area (TPSA) is 96.0 Å². The van der Waals surface area contributed by atoms with Crippen molar-refractivity contribution in [2.75, 3.05) is 18.0 Å². The molecule has 0 saturated heterocycles. The van der Waals surface area contributed by atoms with Crippen molar-refractivity contribution in [3.05, 3.63) is 87.9 Å². The summed E-state index contributed by atoms with van der Waals surface area (Å²) in [5, 5.41) is 2.93. The number of carbonyl (C=O) groups excluding carboxylic acids is 2. The van der Waals surface area contributed by atoms with Crippen molar-refractivity contribution >= 4 is 43.5 Å². The lowest BCUT2D eigenvalue weighted by Gasteiger charge is -2.33. The molecule has 1 N–H and O–H groups in total. The van der Waals surface area contributed by atoms with Gasteiger partial charge in [0.25, 0.3) is 10.0 Å². The van der Waals surface area contributed by atoms with Gasteiger partial charge in [-0.1, -0.05) is 47.5 Å². The highest BCUT2D eigenvalue weighted by atomic mass is 79.9. The zero-order chi connectivity index (χ0) is 30.5. The maximum absolute atomic E-state index is 14.1. The standard InChI is InChI=1S/C31H38BrN3O5S/c1-21-11-13-25(14-12-21)35(41(38,39)26-15-16-28(40-7)27(32)18-26)20-29(36)34(19-24-10-8-9-22(2)17-24)23(3)30(37)33-31(4,5)6/h8-18,23H,19-20H2,1-7H3,(H,33,37)/t23-/m0/s1. The molecule has 0 aliphatic heterocycles. The highest BCUT2D eigenvalue weighted by Crippen LogP contribution is 2.31. The number of hydrogen-bond donors (Lipinski definition) is 1. The molecule has 0 unspecified atom stereocenters. The Labute approximate surface area is 251 Å². The Bertz CT molecular complexity index is 1500. The molecule has 0 radical (unpaired) electrons. The first kappa shape index (κ1) is 32.1. The summed E-state index contributed by atoms with van der Waals surface area (Å²) in [4.78, 5) is 28.7. The fourth-order valence-electron chi connectivity index (χ4n) is 4.24. The number of nitrogens with zero attached hydrogens (tertiary/aromatic N) is 2.